The second kappa shape index (κ2) is 8.36. The van der Waals surface area contributed by atoms with Crippen LogP contribution in [0.25, 0.3) is 0 Å². The molecule has 0 saturated heterocycles. The molecule has 0 bridgehead atoms. The number of carbonyl (C=O) groups is 1. The SMILES string of the molecule is C/C(=N\C(=O)OCc1ccc([N+](=O)[O-])cc1)NCc1nnc(S)s1. The minimum absolute atomic E-state index is 0.0208. The van der Waals surface area contributed by atoms with Crippen LogP contribution in [0, 0.1) is 10.1 Å². The molecule has 9 nitrogen and oxygen atoms in total. The number of nitro benzene ring substituents is 1. The third-order valence-electron chi connectivity index (χ3n) is 2.72. The molecule has 0 aliphatic rings. The fraction of sp³-hybridized carbons (Fsp3) is 0.231. The first-order valence-electron chi connectivity index (χ1n) is 6.64. The van der Waals surface area contributed by atoms with E-state index < -0.39 is 11.0 Å². The van der Waals surface area contributed by atoms with Gasteiger partial charge in [-0.15, -0.1) is 22.8 Å². The first-order valence-corrected chi connectivity index (χ1v) is 7.91. The summed E-state index contributed by atoms with van der Waals surface area (Å²) in [5.74, 6) is 0.375. The van der Waals surface area contributed by atoms with Gasteiger partial charge in [-0.25, -0.2) is 4.79 Å². The lowest BCUT2D eigenvalue weighted by Crippen LogP contribution is -2.21. The van der Waals surface area contributed by atoms with E-state index in [4.69, 9.17) is 4.74 Å². The molecule has 2 rings (SSSR count). The fourth-order valence-electron chi connectivity index (χ4n) is 1.59. The molecule has 0 saturated carbocycles. The Bertz CT molecular complexity index is 760. The molecule has 1 heterocycles. The lowest BCUT2D eigenvalue weighted by molar-refractivity contribution is -0.384. The van der Waals surface area contributed by atoms with Crippen molar-refractivity contribution in [2.45, 2.75) is 24.4 Å². The first-order chi connectivity index (χ1) is 11.4. The summed E-state index contributed by atoms with van der Waals surface area (Å²) in [5.41, 5.74) is 0.606. The Morgan fingerprint density at radius 2 is 2.12 bits per heavy atom. The Labute approximate surface area is 146 Å². The number of benzene rings is 1. The number of aliphatic imine (C=N–C) groups is 1. The van der Waals surface area contributed by atoms with Gasteiger partial charge in [0.15, 0.2) is 4.34 Å². The van der Waals surface area contributed by atoms with Crippen LogP contribution >= 0.6 is 24.0 Å². The van der Waals surface area contributed by atoms with E-state index in [2.05, 4.69) is 33.1 Å². The van der Waals surface area contributed by atoms with Crippen molar-refractivity contribution in [3.63, 3.8) is 0 Å². The maximum absolute atomic E-state index is 11.6. The summed E-state index contributed by atoms with van der Waals surface area (Å²) < 4.78 is 5.54. The van der Waals surface area contributed by atoms with Gasteiger partial charge in [0.05, 0.1) is 11.5 Å². The summed E-state index contributed by atoms with van der Waals surface area (Å²) in [6, 6.07) is 5.73. The van der Waals surface area contributed by atoms with E-state index in [1.54, 1.807) is 6.92 Å². The average Bonchev–Trinajstić information content (AvgIpc) is 2.97. The molecule has 24 heavy (non-hydrogen) atoms. The van der Waals surface area contributed by atoms with Gasteiger partial charge in [-0.3, -0.25) is 10.1 Å². The minimum atomic E-state index is -0.759. The number of non-ortho nitro benzene ring substituents is 1. The number of ether oxygens (including phenoxy) is 1. The number of nitrogens with one attached hydrogen (secondary N) is 1. The third-order valence-corrected chi connectivity index (χ3v) is 3.81. The molecule has 0 unspecified atom stereocenters. The molecule has 1 aromatic carbocycles. The zero-order valence-corrected chi connectivity index (χ0v) is 14.2. The number of rotatable bonds is 5. The number of nitro groups is 1. The predicted octanol–water partition coefficient (Wildman–Crippen LogP) is 2.58. The molecular formula is C13H13N5O4S2. The maximum Gasteiger partial charge on any atom is 0.435 e. The highest BCUT2D eigenvalue weighted by molar-refractivity contribution is 7.82. The van der Waals surface area contributed by atoms with Crippen molar-refractivity contribution in [2.75, 3.05) is 0 Å². The van der Waals surface area contributed by atoms with Crippen LogP contribution in [0.1, 0.15) is 17.5 Å². The predicted molar refractivity (Wildman–Crippen MR) is 90.4 cm³/mol. The summed E-state index contributed by atoms with van der Waals surface area (Å²) in [6.07, 6.45) is -0.759. The number of amides is 1. The summed E-state index contributed by atoms with van der Waals surface area (Å²) in [7, 11) is 0. The van der Waals surface area contributed by atoms with E-state index in [1.807, 2.05) is 0 Å². The van der Waals surface area contributed by atoms with Crippen LogP contribution in [0.5, 0.6) is 0 Å². The van der Waals surface area contributed by atoms with E-state index in [9.17, 15) is 14.9 Å². The van der Waals surface area contributed by atoms with Crippen molar-refractivity contribution in [1.82, 2.24) is 15.5 Å². The highest BCUT2D eigenvalue weighted by Gasteiger charge is 2.07. The number of nitrogens with zero attached hydrogens (tertiary/aromatic N) is 4. The summed E-state index contributed by atoms with van der Waals surface area (Å²) in [6.45, 7) is 1.98. The van der Waals surface area contributed by atoms with E-state index in [0.29, 0.717) is 27.3 Å². The van der Waals surface area contributed by atoms with Gasteiger partial charge in [0.2, 0.25) is 0 Å². The Balaban J connectivity index is 1.79. The number of thiol groups is 1. The third kappa shape index (κ3) is 5.59. The average molecular weight is 367 g/mol. The normalized spacial score (nSPS) is 11.2. The summed E-state index contributed by atoms with van der Waals surface area (Å²) in [4.78, 5) is 25.4. The van der Waals surface area contributed by atoms with Crippen LogP contribution in [0.15, 0.2) is 33.6 Å². The van der Waals surface area contributed by atoms with E-state index in [1.165, 1.54) is 35.6 Å². The fourth-order valence-corrected chi connectivity index (χ4v) is 2.47. The van der Waals surface area contributed by atoms with Gasteiger partial charge in [0.1, 0.15) is 17.5 Å². The molecule has 1 aromatic heterocycles. The number of amidine groups is 1. The second-order valence-corrected chi connectivity index (χ2v) is 6.30. The molecule has 0 atom stereocenters. The molecule has 126 valence electrons. The van der Waals surface area contributed by atoms with Gasteiger partial charge in [-0.1, -0.05) is 11.3 Å². The van der Waals surface area contributed by atoms with Gasteiger partial charge in [-0.2, -0.15) is 4.99 Å². The van der Waals surface area contributed by atoms with Crippen LogP contribution in [-0.2, 0) is 17.9 Å². The summed E-state index contributed by atoms with van der Waals surface area (Å²) in [5, 5.41) is 21.8. The lowest BCUT2D eigenvalue weighted by Gasteiger charge is -2.04. The van der Waals surface area contributed by atoms with Crippen molar-refractivity contribution in [3.8, 4) is 0 Å². The topological polar surface area (TPSA) is 120 Å². The van der Waals surface area contributed by atoms with Crippen LogP contribution in [-0.4, -0.2) is 27.0 Å². The van der Waals surface area contributed by atoms with Crippen molar-refractivity contribution < 1.29 is 14.5 Å². The molecular weight excluding hydrogens is 354 g/mol. The Morgan fingerprint density at radius 3 is 2.71 bits per heavy atom. The maximum atomic E-state index is 11.6. The van der Waals surface area contributed by atoms with Gasteiger partial charge in [0.25, 0.3) is 5.69 Å². The van der Waals surface area contributed by atoms with Crippen molar-refractivity contribution in [2.24, 2.45) is 4.99 Å². The van der Waals surface area contributed by atoms with E-state index in [0.717, 1.165) is 0 Å². The zero-order valence-electron chi connectivity index (χ0n) is 12.5. The number of hydrogen-bond donors (Lipinski definition) is 2. The first kappa shape index (κ1) is 17.8. The smallest absolute Gasteiger partial charge is 0.435 e. The van der Waals surface area contributed by atoms with Crippen molar-refractivity contribution >= 4 is 41.6 Å². The molecule has 1 amide bonds. The second-order valence-electron chi connectivity index (χ2n) is 4.51. The van der Waals surface area contributed by atoms with E-state index in [-0.39, 0.29) is 12.3 Å². The lowest BCUT2D eigenvalue weighted by atomic mass is 10.2. The standard InChI is InChI=1S/C13H13N5O4S2/c1-8(14-6-11-16-17-13(23)24-11)15-12(19)22-7-9-2-4-10(5-3-9)18(20)21/h2-5H,6-7H2,1H3,(H,17,23)(H,14,15,19). The molecule has 0 aliphatic heterocycles. The highest BCUT2D eigenvalue weighted by Crippen LogP contribution is 2.13. The number of aromatic nitrogens is 2. The number of hydrogen-bond acceptors (Lipinski definition) is 8. The minimum Gasteiger partial charge on any atom is -0.443 e. The van der Waals surface area contributed by atoms with Gasteiger partial charge < -0.3 is 10.1 Å². The Morgan fingerprint density at radius 1 is 1.42 bits per heavy atom. The summed E-state index contributed by atoms with van der Waals surface area (Å²) >= 11 is 5.38. The molecule has 2 aromatic rings. The van der Waals surface area contributed by atoms with Crippen LogP contribution < -0.4 is 5.32 Å². The molecule has 1 N–H and O–H groups in total. The van der Waals surface area contributed by atoms with Crippen LogP contribution in [0.2, 0.25) is 0 Å². The molecule has 0 fully saturated rings. The van der Waals surface area contributed by atoms with Crippen molar-refractivity contribution in [1.29, 1.82) is 0 Å². The number of carbonyl (C=O) groups excluding carboxylic acids is 1. The van der Waals surface area contributed by atoms with Crippen LogP contribution in [0.3, 0.4) is 0 Å². The quantitative estimate of drug-likeness (QED) is 0.274. The monoisotopic (exact) mass is 367 g/mol. The zero-order chi connectivity index (χ0) is 17.5. The van der Waals surface area contributed by atoms with Crippen LogP contribution in [0.4, 0.5) is 10.5 Å². The highest BCUT2D eigenvalue weighted by atomic mass is 32.2. The molecule has 0 radical (unpaired) electrons. The Kier molecular flexibility index (Phi) is 6.21. The van der Waals surface area contributed by atoms with Gasteiger partial charge >= 0.3 is 6.09 Å². The van der Waals surface area contributed by atoms with E-state index >= 15 is 0 Å². The Hall–Kier alpha value is -2.53. The molecule has 0 aliphatic carbocycles. The van der Waals surface area contributed by atoms with Gasteiger partial charge in [-0.05, 0) is 24.6 Å². The van der Waals surface area contributed by atoms with Gasteiger partial charge in [0, 0.05) is 12.1 Å². The van der Waals surface area contributed by atoms with Crippen molar-refractivity contribution in [3.05, 3.63) is 45.0 Å². The molecule has 0 spiro atoms. The molecule has 11 heteroatoms. The largest absolute Gasteiger partial charge is 0.443 e.